The molecule has 1 amide bonds. The number of carbonyl (C=O) groups excluding carboxylic acids is 1. The summed E-state index contributed by atoms with van der Waals surface area (Å²) in [6, 6.07) is 5.68. The van der Waals surface area contributed by atoms with E-state index in [0.29, 0.717) is 11.6 Å². The largest absolute Gasteiger partial charge is 0.354 e. The minimum Gasteiger partial charge on any atom is -0.354 e. The van der Waals surface area contributed by atoms with Gasteiger partial charge in [0.15, 0.2) is 0 Å². The number of rotatable bonds is 2. The summed E-state index contributed by atoms with van der Waals surface area (Å²) in [6.45, 7) is 2.08. The number of amides is 1. The molecule has 1 aliphatic heterocycles. The lowest BCUT2D eigenvalue weighted by molar-refractivity contribution is 0.0958. The van der Waals surface area contributed by atoms with Crippen LogP contribution >= 0.6 is 24.8 Å². The number of aromatic nitrogens is 1. The van der Waals surface area contributed by atoms with Gasteiger partial charge < -0.3 is 10.6 Å². The van der Waals surface area contributed by atoms with Gasteiger partial charge in [0.1, 0.15) is 5.69 Å². The molecule has 0 bridgehead atoms. The predicted molar refractivity (Wildman–Crippen MR) is 77.0 cm³/mol. The van der Waals surface area contributed by atoms with Crippen LogP contribution in [0.1, 0.15) is 34.9 Å². The summed E-state index contributed by atoms with van der Waals surface area (Å²) in [5, 5.41) is 5.92. The van der Waals surface area contributed by atoms with Crippen LogP contribution in [0.3, 0.4) is 0 Å². The summed E-state index contributed by atoms with van der Waals surface area (Å²) in [5.74, 6) is 0.377. The second-order valence-corrected chi connectivity index (χ2v) is 4.05. The van der Waals surface area contributed by atoms with Crippen molar-refractivity contribution >= 4 is 30.7 Å². The highest BCUT2D eigenvalue weighted by Crippen LogP contribution is 2.23. The van der Waals surface area contributed by atoms with Crippen LogP contribution in [0.5, 0.6) is 0 Å². The molecule has 1 aromatic rings. The maximum Gasteiger partial charge on any atom is 0.269 e. The van der Waals surface area contributed by atoms with Crippen LogP contribution in [0.15, 0.2) is 18.2 Å². The van der Waals surface area contributed by atoms with Crippen molar-refractivity contribution in [2.75, 3.05) is 20.1 Å². The van der Waals surface area contributed by atoms with Gasteiger partial charge in [-0.25, -0.2) is 4.98 Å². The molecule has 102 valence electrons. The summed E-state index contributed by atoms with van der Waals surface area (Å²) in [4.78, 5) is 15.9. The lowest BCUT2D eigenvalue weighted by atomic mass is 9.94. The normalized spacial score (nSPS) is 15.2. The van der Waals surface area contributed by atoms with Gasteiger partial charge in [0.05, 0.1) is 0 Å². The smallest absolute Gasteiger partial charge is 0.269 e. The molecule has 0 radical (unpaired) electrons. The van der Waals surface area contributed by atoms with Gasteiger partial charge in [-0.05, 0) is 38.1 Å². The second-order valence-electron chi connectivity index (χ2n) is 4.05. The molecular formula is C12H19Cl2N3O. The average Bonchev–Trinajstić information content (AvgIpc) is 2.39. The Balaban J connectivity index is 0.00000144. The number of nitrogens with zero attached hydrogens (tertiary/aromatic N) is 1. The molecule has 0 atom stereocenters. The van der Waals surface area contributed by atoms with Crippen molar-refractivity contribution in [2.45, 2.75) is 18.8 Å². The Morgan fingerprint density at radius 1 is 1.33 bits per heavy atom. The molecule has 0 aliphatic carbocycles. The first-order valence-corrected chi connectivity index (χ1v) is 5.71. The zero-order valence-corrected chi connectivity index (χ0v) is 11.9. The van der Waals surface area contributed by atoms with E-state index in [1.54, 1.807) is 13.1 Å². The Morgan fingerprint density at radius 3 is 2.61 bits per heavy atom. The van der Waals surface area contributed by atoms with E-state index in [-0.39, 0.29) is 30.7 Å². The van der Waals surface area contributed by atoms with Crippen molar-refractivity contribution in [3.8, 4) is 0 Å². The molecule has 1 aromatic heterocycles. The fraction of sp³-hybridized carbons (Fsp3) is 0.500. The first-order valence-electron chi connectivity index (χ1n) is 5.71. The number of carbonyl (C=O) groups is 1. The molecular weight excluding hydrogens is 273 g/mol. The van der Waals surface area contributed by atoms with Crippen LogP contribution in [0, 0.1) is 0 Å². The fourth-order valence-corrected chi connectivity index (χ4v) is 2.05. The van der Waals surface area contributed by atoms with Crippen LogP contribution in [0.25, 0.3) is 0 Å². The van der Waals surface area contributed by atoms with Crippen molar-refractivity contribution in [1.82, 2.24) is 15.6 Å². The summed E-state index contributed by atoms with van der Waals surface area (Å²) in [6.07, 6.45) is 2.20. The maximum absolute atomic E-state index is 11.5. The number of halogens is 2. The first kappa shape index (κ1) is 17.2. The number of nitrogens with one attached hydrogen (secondary N) is 2. The zero-order chi connectivity index (χ0) is 11.4. The molecule has 0 aromatic carbocycles. The van der Waals surface area contributed by atoms with Crippen molar-refractivity contribution in [3.05, 3.63) is 29.6 Å². The lowest BCUT2D eigenvalue weighted by Crippen LogP contribution is -2.27. The fourth-order valence-electron chi connectivity index (χ4n) is 2.05. The van der Waals surface area contributed by atoms with E-state index < -0.39 is 0 Å². The molecule has 6 heteroatoms. The highest BCUT2D eigenvalue weighted by atomic mass is 35.5. The number of hydrogen-bond acceptors (Lipinski definition) is 3. The summed E-state index contributed by atoms with van der Waals surface area (Å²) >= 11 is 0. The van der Waals surface area contributed by atoms with E-state index in [2.05, 4.69) is 15.6 Å². The average molecular weight is 292 g/mol. The third-order valence-corrected chi connectivity index (χ3v) is 2.99. The van der Waals surface area contributed by atoms with Crippen LogP contribution in [-0.2, 0) is 0 Å². The van der Waals surface area contributed by atoms with Crippen molar-refractivity contribution in [3.63, 3.8) is 0 Å². The molecule has 18 heavy (non-hydrogen) atoms. The van der Waals surface area contributed by atoms with Gasteiger partial charge in [0.2, 0.25) is 0 Å². The number of pyridine rings is 1. The minimum atomic E-state index is -0.115. The SMILES string of the molecule is CNC(=O)c1cccc(C2CCNCC2)n1.Cl.Cl. The Hall–Kier alpha value is -0.840. The molecule has 2 rings (SSSR count). The molecule has 0 spiro atoms. The van der Waals surface area contributed by atoms with Crippen LogP contribution in [0.4, 0.5) is 0 Å². The minimum absolute atomic E-state index is 0. The molecule has 1 saturated heterocycles. The summed E-state index contributed by atoms with van der Waals surface area (Å²) in [5.41, 5.74) is 1.56. The lowest BCUT2D eigenvalue weighted by Gasteiger charge is -2.22. The summed E-state index contributed by atoms with van der Waals surface area (Å²) in [7, 11) is 1.63. The third-order valence-electron chi connectivity index (χ3n) is 2.99. The van der Waals surface area contributed by atoms with Crippen LogP contribution < -0.4 is 10.6 Å². The van der Waals surface area contributed by atoms with Crippen molar-refractivity contribution in [1.29, 1.82) is 0 Å². The second kappa shape index (κ2) is 8.29. The molecule has 2 N–H and O–H groups in total. The van der Waals surface area contributed by atoms with Gasteiger partial charge in [-0.1, -0.05) is 6.07 Å². The topological polar surface area (TPSA) is 54.0 Å². The Labute approximate surface area is 120 Å². The highest BCUT2D eigenvalue weighted by Gasteiger charge is 2.17. The van der Waals surface area contributed by atoms with E-state index in [9.17, 15) is 4.79 Å². The Morgan fingerprint density at radius 2 is 2.00 bits per heavy atom. The Bertz CT molecular complexity index is 381. The van der Waals surface area contributed by atoms with E-state index >= 15 is 0 Å². The van der Waals surface area contributed by atoms with E-state index in [4.69, 9.17) is 0 Å². The van der Waals surface area contributed by atoms with Crippen molar-refractivity contribution in [2.24, 2.45) is 0 Å². The van der Waals surface area contributed by atoms with Crippen LogP contribution in [0.2, 0.25) is 0 Å². The molecule has 2 heterocycles. The molecule has 4 nitrogen and oxygen atoms in total. The van der Waals surface area contributed by atoms with E-state index in [0.717, 1.165) is 31.6 Å². The van der Waals surface area contributed by atoms with Crippen LogP contribution in [-0.4, -0.2) is 31.0 Å². The molecule has 1 fully saturated rings. The van der Waals surface area contributed by atoms with E-state index in [1.807, 2.05) is 12.1 Å². The maximum atomic E-state index is 11.5. The van der Waals surface area contributed by atoms with E-state index in [1.165, 1.54) is 0 Å². The number of piperidine rings is 1. The first-order chi connectivity index (χ1) is 7.81. The third kappa shape index (κ3) is 4.12. The van der Waals surface area contributed by atoms with Gasteiger partial charge in [-0.3, -0.25) is 4.79 Å². The molecule has 1 aliphatic rings. The number of hydrogen-bond donors (Lipinski definition) is 2. The quantitative estimate of drug-likeness (QED) is 0.873. The zero-order valence-electron chi connectivity index (χ0n) is 10.3. The monoisotopic (exact) mass is 291 g/mol. The van der Waals surface area contributed by atoms with Gasteiger partial charge in [0.25, 0.3) is 5.91 Å². The van der Waals surface area contributed by atoms with Gasteiger partial charge in [-0.2, -0.15) is 0 Å². The summed E-state index contributed by atoms with van der Waals surface area (Å²) < 4.78 is 0. The molecule has 0 saturated carbocycles. The Kier molecular flexibility index (Phi) is 7.91. The molecule has 0 unspecified atom stereocenters. The highest BCUT2D eigenvalue weighted by molar-refractivity contribution is 5.92. The predicted octanol–water partition coefficient (Wildman–Crippen LogP) is 1.75. The van der Waals surface area contributed by atoms with Gasteiger partial charge in [0, 0.05) is 18.7 Å². The standard InChI is InChI=1S/C12H17N3O.2ClH/c1-13-12(16)11-4-2-3-10(15-11)9-5-7-14-8-6-9;;/h2-4,9,14H,5-8H2,1H3,(H,13,16);2*1H. The van der Waals surface area contributed by atoms with Gasteiger partial charge in [-0.15, -0.1) is 24.8 Å². The van der Waals surface area contributed by atoms with Crippen molar-refractivity contribution < 1.29 is 4.79 Å². The van der Waals surface area contributed by atoms with Gasteiger partial charge >= 0.3 is 0 Å².